The maximum absolute atomic E-state index is 12.0. The topological polar surface area (TPSA) is 65.9 Å². The van der Waals surface area contributed by atoms with Crippen LogP contribution in [0.4, 0.5) is 5.69 Å². The summed E-state index contributed by atoms with van der Waals surface area (Å²) in [6, 6.07) is 6.20. The third-order valence-electron chi connectivity index (χ3n) is 4.81. The fraction of sp³-hybridized carbons (Fsp3) is 0.474. The zero-order valence-electron chi connectivity index (χ0n) is 13.6. The Morgan fingerprint density at radius 1 is 1.33 bits per heavy atom. The SMILES string of the molecule is N#C/C(=C\c1cc2c3c(c1)CCCN3CCC2)C(=O)OCC1CO1. The van der Waals surface area contributed by atoms with Gasteiger partial charge in [0.15, 0.2) is 0 Å². The standard InChI is InChI=1S/C19H20N2O3/c20-10-16(19(22)24-12-17-11-23-17)9-13-7-14-3-1-5-21-6-2-4-15(8-13)18(14)21/h7-9,17H,1-6,11-12H2/b16-9+. The molecule has 0 N–H and O–H groups in total. The van der Waals surface area contributed by atoms with Crippen LogP contribution in [0.3, 0.4) is 0 Å². The summed E-state index contributed by atoms with van der Waals surface area (Å²) in [5, 5.41) is 9.30. The van der Waals surface area contributed by atoms with Gasteiger partial charge in [0.2, 0.25) is 0 Å². The molecule has 0 saturated carbocycles. The van der Waals surface area contributed by atoms with Crippen molar-refractivity contribution < 1.29 is 14.3 Å². The molecule has 4 rings (SSSR count). The van der Waals surface area contributed by atoms with E-state index < -0.39 is 5.97 Å². The number of carbonyl (C=O) groups is 1. The van der Waals surface area contributed by atoms with Gasteiger partial charge in [-0.2, -0.15) is 5.26 Å². The lowest BCUT2D eigenvalue weighted by Crippen LogP contribution is -2.34. The van der Waals surface area contributed by atoms with Crippen molar-refractivity contribution in [3.05, 3.63) is 34.4 Å². The van der Waals surface area contributed by atoms with E-state index in [1.807, 2.05) is 6.07 Å². The van der Waals surface area contributed by atoms with E-state index in [0.29, 0.717) is 6.61 Å². The van der Waals surface area contributed by atoms with E-state index in [1.54, 1.807) is 6.08 Å². The Bertz CT molecular complexity index is 712. The number of nitrogens with zero attached hydrogens (tertiary/aromatic N) is 2. The third kappa shape index (κ3) is 3.02. The minimum absolute atomic E-state index is 0.00748. The van der Waals surface area contributed by atoms with Crippen molar-refractivity contribution in [1.29, 1.82) is 5.26 Å². The number of hydrogen-bond donors (Lipinski definition) is 0. The van der Waals surface area contributed by atoms with Gasteiger partial charge in [0.05, 0.1) is 6.61 Å². The predicted molar refractivity (Wildman–Crippen MR) is 89.6 cm³/mol. The molecule has 0 radical (unpaired) electrons. The van der Waals surface area contributed by atoms with E-state index in [2.05, 4.69) is 17.0 Å². The Morgan fingerprint density at radius 3 is 2.58 bits per heavy atom. The Balaban J connectivity index is 1.61. The molecule has 3 heterocycles. The van der Waals surface area contributed by atoms with Gasteiger partial charge in [-0.05, 0) is 60.6 Å². The minimum atomic E-state index is -0.569. The van der Waals surface area contributed by atoms with Gasteiger partial charge < -0.3 is 14.4 Å². The lowest BCUT2D eigenvalue weighted by Gasteiger charge is -2.37. The summed E-state index contributed by atoms with van der Waals surface area (Å²) in [7, 11) is 0. The third-order valence-corrected chi connectivity index (χ3v) is 4.81. The lowest BCUT2D eigenvalue weighted by molar-refractivity contribution is -0.138. The van der Waals surface area contributed by atoms with E-state index in [4.69, 9.17) is 9.47 Å². The number of carbonyl (C=O) groups excluding carboxylic acids is 1. The van der Waals surface area contributed by atoms with Crippen LogP contribution in [0.5, 0.6) is 0 Å². The van der Waals surface area contributed by atoms with Crippen molar-refractivity contribution in [1.82, 2.24) is 0 Å². The molecular weight excluding hydrogens is 304 g/mol. The summed E-state index contributed by atoms with van der Waals surface area (Å²) in [5.41, 5.74) is 5.02. The highest BCUT2D eigenvalue weighted by molar-refractivity contribution is 5.98. The summed E-state index contributed by atoms with van der Waals surface area (Å²) in [4.78, 5) is 14.5. The molecule has 1 unspecified atom stereocenters. The van der Waals surface area contributed by atoms with Gasteiger partial charge in [-0.15, -0.1) is 0 Å². The van der Waals surface area contributed by atoms with Gasteiger partial charge in [-0.1, -0.05) is 0 Å². The van der Waals surface area contributed by atoms with Gasteiger partial charge in [0.1, 0.15) is 24.4 Å². The first-order valence-corrected chi connectivity index (χ1v) is 8.56. The summed E-state index contributed by atoms with van der Waals surface area (Å²) < 4.78 is 10.1. The first-order valence-electron chi connectivity index (χ1n) is 8.56. The van der Waals surface area contributed by atoms with Gasteiger partial charge >= 0.3 is 5.97 Å². The van der Waals surface area contributed by atoms with Crippen LogP contribution in [0, 0.1) is 11.3 Å². The monoisotopic (exact) mass is 324 g/mol. The molecule has 124 valence electrons. The Morgan fingerprint density at radius 2 is 2.00 bits per heavy atom. The minimum Gasteiger partial charge on any atom is -0.459 e. The van der Waals surface area contributed by atoms with Crippen molar-refractivity contribution >= 4 is 17.7 Å². The molecule has 3 aliphatic rings. The number of nitriles is 1. The van der Waals surface area contributed by atoms with E-state index >= 15 is 0 Å². The molecule has 1 aromatic carbocycles. The number of epoxide rings is 1. The molecule has 5 heteroatoms. The van der Waals surface area contributed by atoms with Crippen LogP contribution in [-0.4, -0.2) is 38.4 Å². The van der Waals surface area contributed by atoms with Crippen LogP contribution in [0.1, 0.15) is 29.5 Å². The summed E-state index contributed by atoms with van der Waals surface area (Å²) >= 11 is 0. The largest absolute Gasteiger partial charge is 0.459 e. The van der Waals surface area contributed by atoms with Gasteiger partial charge in [0.25, 0.3) is 0 Å². The van der Waals surface area contributed by atoms with E-state index in [0.717, 1.165) is 44.3 Å². The molecule has 24 heavy (non-hydrogen) atoms. The van der Waals surface area contributed by atoms with Crippen molar-refractivity contribution in [2.24, 2.45) is 0 Å². The van der Waals surface area contributed by atoms with Gasteiger partial charge in [0, 0.05) is 18.8 Å². The molecule has 3 aliphatic heterocycles. The quantitative estimate of drug-likeness (QED) is 0.368. The molecule has 1 atom stereocenters. The Kier molecular flexibility index (Phi) is 3.99. The number of esters is 1. The molecule has 0 bridgehead atoms. The summed E-state index contributed by atoms with van der Waals surface area (Å²) in [5.74, 6) is -0.569. The highest BCUT2D eigenvalue weighted by Crippen LogP contribution is 2.36. The maximum Gasteiger partial charge on any atom is 0.348 e. The number of anilines is 1. The zero-order valence-corrected chi connectivity index (χ0v) is 13.6. The molecule has 0 aliphatic carbocycles. The zero-order chi connectivity index (χ0) is 16.5. The second-order valence-electron chi connectivity index (χ2n) is 6.61. The second kappa shape index (κ2) is 6.29. The van der Waals surface area contributed by atoms with Crippen molar-refractivity contribution in [2.75, 3.05) is 31.2 Å². The van der Waals surface area contributed by atoms with Crippen molar-refractivity contribution in [3.63, 3.8) is 0 Å². The van der Waals surface area contributed by atoms with Crippen LogP contribution in [0.2, 0.25) is 0 Å². The van der Waals surface area contributed by atoms with E-state index in [9.17, 15) is 10.1 Å². The average molecular weight is 324 g/mol. The molecule has 0 aromatic heterocycles. The first-order chi connectivity index (χ1) is 11.7. The smallest absolute Gasteiger partial charge is 0.348 e. The summed E-state index contributed by atoms with van der Waals surface area (Å²) in [6.07, 6.45) is 6.11. The van der Waals surface area contributed by atoms with Crippen LogP contribution in [-0.2, 0) is 27.1 Å². The molecule has 1 fully saturated rings. The van der Waals surface area contributed by atoms with Crippen LogP contribution < -0.4 is 4.90 Å². The number of hydrogen-bond acceptors (Lipinski definition) is 5. The highest BCUT2D eigenvalue weighted by Gasteiger charge is 2.26. The van der Waals surface area contributed by atoms with Crippen molar-refractivity contribution in [3.8, 4) is 6.07 Å². The molecule has 5 nitrogen and oxygen atoms in total. The van der Waals surface area contributed by atoms with Crippen LogP contribution in [0.25, 0.3) is 6.08 Å². The van der Waals surface area contributed by atoms with Gasteiger partial charge in [-0.25, -0.2) is 4.79 Å². The second-order valence-corrected chi connectivity index (χ2v) is 6.61. The Labute approximate surface area is 141 Å². The lowest BCUT2D eigenvalue weighted by atomic mass is 9.90. The van der Waals surface area contributed by atoms with Crippen LogP contribution >= 0.6 is 0 Å². The molecule has 1 saturated heterocycles. The highest BCUT2D eigenvalue weighted by atomic mass is 16.6. The number of benzene rings is 1. The molecule has 1 aromatic rings. The maximum atomic E-state index is 12.0. The fourth-order valence-electron chi connectivity index (χ4n) is 3.63. The molecular formula is C19H20N2O3. The molecule has 0 spiro atoms. The van der Waals surface area contributed by atoms with E-state index in [1.165, 1.54) is 16.8 Å². The first kappa shape index (κ1) is 15.2. The fourth-order valence-corrected chi connectivity index (χ4v) is 3.63. The Hall–Kier alpha value is -2.32. The normalized spacial score (nSPS) is 21.7. The predicted octanol–water partition coefficient (Wildman–Crippen LogP) is 2.23. The molecule has 0 amide bonds. The van der Waals surface area contributed by atoms with Crippen LogP contribution in [0.15, 0.2) is 17.7 Å². The number of aryl methyl sites for hydroxylation is 2. The number of ether oxygens (including phenoxy) is 2. The average Bonchev–Trinajstić information content (AvgIpc) is 3.42. The summed E-state index contributed by atoms with van der Waals surface area (Å²) in [6.45, 7) is 3.12. The van der Waals surface area contributed by atoms with Gasteiger partial charge in [-0.3, -0.25) is 0 Å². The number of rotatable bonds is 4. The van der Waals surface area contributed by atoms with Crippen molar-refractivity contribution in [2.45, 2.75) is 31.8 Å². The van der Waals surface area contributed by atoms with E-state index in [-0.39, 0.29) is 18.3 Å².